The molecule has 0 aromatic heterocycles. The maximum atomic E-state index is 12.2. The number of amides is 2. The summed E-state index contributed by atoms with van der Waals surface area (Å²) in [6, 6.07) is 7.32. The van der Waals surface area contributed by atoms with E-state index in [-0.39, 0.29) is 23.7 Å². The van der Waals surface area contributed by atoms with E-state index in [4.69, 9.17) is 9.47 Å². The smallest absolute Gasteiger partial charge is 0.250 e. The number of nitrogens with zero attached hydrogens (tertiary/aromatic N) is 1. The highest BCUT2D eigenvalue weighted by Gasteiger charge is 2.16. The summed E-state index contributed by atoms with van der Waals surface area (Å²) in [6.07, 6.45) is 5.48. The van der Waals surface area contributed by atoms with Crippen LogP contribution in [0.4, 0.5) is 11.4 Å². The summed E-state index contributed by atoms with van der Waals surface area (Å²) in [4.78, 5) is 25.7. The van der Waals surface area contributed by atoms with E-state index < -0.39 is 0 Å². The molecule has 27 heavy (non-hydrogen) atoms. The van der Waals surface area contributed by atoms with Gasteiger partial charge in [0.2, 0.25) is 11.8 Å². The molecule has 0 fully saturated rings. The molecule has 1 unspecified atom stereocenters. The van der Waals surface area contributed by atoms with Crippen LogP contribution in [-0.4, -0.2) is 68.7 Å². The van der Waals surface area contributed by atoms with Crippen LogP contribution < -0.4 is 10.6 Å². The van der Waals surface area contributed by atoms with Crippen molar-refractivity contribution in [1.29, 1.82) is 0 Å². The van der Waals surface area contributed by atoms with Gasteiger partial charge in [-0.15, -0.1) is 11.8 Å². The molecule has 0 bridgehead atoms. The highest BCUT2D eigenvalue weighted by atomic mass is 32.2. The Labute approximate surface area is 165 Å². The lowest BCUT2D eigenvalue weighted by Crippen LogP contribution is -2.33. The van der Waals surface area contributed by atoms with E-state index in [9.17, 15) is 9.59 Å². The van der Waals surface area contributed by atoms with Crippen LogP contribution in [0.1, 0.15) is 6.92 Å². The highest BCUT2D eigenvalue weighted by molar-refractivity contribution is 8.00. The van der Waals surface area contributed by atoms with E-state index >= 15 is 0 Å². The molecule has 150 valence electrons. The number of carbonyl (C=O) groups excluding carboxylic acids is 2. The zero-order valence-electron chi connectivity index (χ0n) is 16.4. The van der Waals surface area contributed by atoms with Crippen LogP contribution in [-0.2, 0) is 19.1 Å². The van der Waals surface area contributed by atoms with Gasteiger partial charge in [0, 0.05) is 32.1 Å². The van der Waals surface area contributed by atoms with E-state index in [2.05, 4.69) is 10.6 Å². The van der Waals surface area contributed by atoms with Gasteiger partial charge in [0.15, 0.2) is 0 Å². The molecular weight excluding hydrogens is 366 g/mol. The standard InChI is InChI=1S/C19H29N3O4S/c1-5-22(2)19(24)17(27-4)9-10-20-15-7-6-8-16(13-15)21-18(23)14-26-12-11-25-3/h6-10,13,17,20H,5,11-12,14H2,1-4H3,(H,21,23). The zero-order valence-corrected chi connectivity index (χ0v) is 17.2. The number of anilines is 2. The minimum atomic E-state index is -0.241. The van der Waals surface area contributed by atoms with Crippen LogP contribution in [0.15, 0.2) is 36.5 Å². The first-order valence-electron chi connectivity index (χ1n) is 8.69. The average Bonchev–Trinajstić information content (AvgIpc) is 2.67. The Balaban J connectivity index is 2.56. The van der Waals surface area contributed by atoms with Crippen LogP contribution >= 0.6 is 11.8 Å². The lowest BCUT2D eigenvalue weighted by Gasteiger charge is -2.18. The van der Waals surface area contributed by atoms with Gasteiger partial charge in [0.1, 0.15) is 11.9 Å². The number of methoxy groups -OCH3 is 1. The van der Waals surface area contributed by atoms with Crippen molar-refractivity contribution in [3.63, 3.8) is 0 Å². The van der Waals surface area contributed by atoms with Crippen molar-refractivity contribution >= 4 is 35.0 Å². The number of hydrogen-bond acceptors (Lipinski definition) is 6. The molecule has 0 saturated heterocycles. The predicted molar refractivity (Wildman–Crippen MR) is 111 cm³/mol. The normalized spacial score (nSPS) is 12.0. The Bertz CT molecular complexity index is 625. The van der Waals surface area contributed by atoms with Gasteiger partial charge in [-0.3, -0.25) is 9.59 Å². The third-order valence-electron chi connectivity index (χ3n) is 3.68. The summed E-state index contributed by atoms with van der Waals surface area (Å²) >= 11 is 1.48. The van der Waals surface area contributed by atoms with Gasteiger partial charge in [-0.1, -0.05) is 6.07 Å². The molecule has 0 aliphatic heterocycles. The molecule has 2 amide bonds. The van der Waals surface area contributed by atoms with Crippen molar-refractivity contribution in [1.82, 2.24) is 4.90 Å². The number of benzene rings is 1. The monoisotopic (exact) mass is 395 g/mol. The van der Waals surface area contributed by atoms with E-state index in [1.54, 1.807) is 31.3 Å². The highest BCUT2D eigenvalue weighted by Crippen LogP contribution is 2.16. The predicted octanol–water partition coefficient (Wildman–Crippen LogP) is 2.42. The molecule has 0 aliphatic carbocycles. The molecular formula is C19H29N3O4S. The first kappa shape index (κ1) is 23.0. The number of ether oxygens (including phenoxy) is 2. The fourth-order valence-corrected chi connectivity index (χ4v) is 2.67. The quantitative estimate of drug-likeness (QED) is 0.529. The van der Waals surface area contributed by atoms with E-state index in [1.165, 1.54) is 11.8 Å². The van der Waals surface area contributed by atoms with Crippen molar-refractivity contribution in [2.45, 2.75) is 12.2 Å². The van der Waals surface area contributed by atoms with E-state index in [1.807, 2.05) is 37.5 Å². The van der Waals surface area contributed by atoms with Gasteiger partial charge in [-0.05, 0) is 43.7 Å². The van der Waals surface area contributed by atoms with Gasteiger partial charge in [-0.2, -0.15) is 0 Å². The molecule has 0 radical (unpaired) electrons. The zero-order chi connectivity index (χ0) is 20.1. The molecule has 8 heteroatoms. The molecule has 2 N–H and O–H groups in total. The van der Waals surface area contributed by atoms with Crippen molar-refractivity contribution in [2.75, 3.05) is 57.4 Å². The molecule has 1 aromatic rings. The summed E-state index contributed by atoms with van der Waals surface area (Å²) in [5.41, 5.74) is 1.47. The Hall–Kier alpha value is -2.03. The van der Waals surface area contributed by atoms with Gasteiger partial charge >= 0.3 is 0 Å². The SMILES string of the molecule is CCN(C)C(=O)C(C=CNc1cccc(NC(=O)COCCOC)c1)SC. The minimum Gasteiger partial charge on any atom is -0.382 e. The first-order chi connectivity index (χ1) is 13.0. The Kier molecular flexibility index (Phi) is 11.2. The summed E-state index contributed by atoms with van der Waals surface area (Å²) in [7, 11) is 3.37. The molecule has 1 aromatic carbocycles. The summed E-state index contributed by atoms with van der Waals surface area (Å²) in [6.45, 7) is 3.42. The first-order valence-corrected chi connectivity index (χ1v) is 9.98. The number of carbonyl (C=O) groups is 2. The van der Waals surface area contributed by atoms with E-state index in [0.717, 1.165) is 5.69 Å². The fourth-order valence-electron chi connectivity index (χ4n) is 2.06. The second kappa shape index (κ2) is 13.2. The van der Waals surface area contributed by atoms with Gasteiger partial charge in [0.25, 0.3) is 0 Å². The van der Waals surface area contributed by atoms with Crippen LogP contribution in [0.2, 0.25) is 0 Å². The van der Waals surface area contributed by atoms with Gasteiger partial charge < -0.3 is 25.0 Å². The number of hydrogen-bond donors (Lipinski definition) is 2. The second-order valence-electron chi connectivity index (χ2n) is 5.69. The molecule has 0 heterocycles. The Morgan fingerprint density at radius 3 is 2.70 bits per heavy atom. The lowest BCUT2D eigenvalue weighted by molar-refractivity contribution is -0.128. The summed E-state index contributed by atoms with van der Waals surface area (Å²) in [5, 5.41) is 5.67. The largest absolute Gasteiger partial charge is 0.382 e. The van der Waals surface area contributed by atoms with Crippen LogP contribution in [0, 0.1) is 0 Å². The Morgan fingerprint density at radius 1 is 1.30 bits per heavy atom. The molecule has 0 aliphatic rings. The van der Waals surface area contributed by atoms with Gasteiger partial charge in [-0.25, -0.2) is 0 Å². The van der Waals surface area contributed by atoms with Crippen LogP contribution in [0.5, 0.6) is 0 Å². The average molecular weight is 396 g/mol. The molecule has 1 atom stereocenters. The maximum absolute atomic E-state index is 12.2. The topological polar surface area (TPSA) is 79.9 Å². The number of nitrogens with one attached hydrogen (secondary N) is 2. The van der Waals surface area contributed by atoms with Crippen molar-refractivity contribution in [2.24, 2.45) is 0 Å². The van der Waals surface area contributed by atoms with Crippen molar-refractivity contribution < 1.29 is 19.1 Å². The molecule has 1 rings (SSSR count). The molecule has 7 nitrogen and oxygen atoms in total. The Morgan fingerprint density at radius 2 is 2.04 bits per heavy atom. The summed E-state index contributed by atoms with van der Waals surface area (Å²) < 4.78 is 10.0. The third-order valence-corrected chi connectivity index (χ3v) is 4.55. The van der Waals surface area contributed by atoms with Crippen molar-refractivity contribution in [3.05, 3.63) is 36.5 Å². The maximum Gasteiger partial charge on any atom is 0.250 e. The van der Waals surface area contributed by atoms with E-state index in [0.29, 0.717) is 25.4 Å². The third kappa shape index (κ3) is 8.94. The van der Waals surface area contributed by atoms with Gasteiger partial charge in [0.05, 0.1) is 13.2 Å². The minimum absolute atomic E-state index is 0.0244. The lowest BCUT2D eigenvalue weighted by atomic mass is 10.2. The van der Waals surface area contributed by atoms with Crippen molar-refractivity contribution in [3.8, 4) is 0 Å². The fraction of sp³-hybridized carbons (Fsp3) is 0.474. The second-order valence-corrected chi connectivity index (χ2v) is 6.67. The summed E-state index contributed by atoms with van der Waals surface area (Å²) in [5.74, 6) is -0.160. The molecule has 0 spiro atoms. The molecule has 0 saturated carbocycles. The number of thioether (sulfide) groups is 1. The number of rotatable bonds is 12. The van der Waals surface area contributed by atoms with Crippen LogP contribution in [0.25, 0.3) is 0 Å². The van der Waals surface area contributed by atoms with Crippen LogP contribution in [0.3, 0.4) is 0 Å².